The van der Waals surface area contributed by atoms with Gasteiger partial charge < -0.3 is 10.1 Å². The molecule has 0 saturated heterocycles. The summed E-state index contributed by atoms with van der Waals surface area (Å²) in [5.74, 6) is 1.69. The molecule has 0 saturated carbocycles. The van der Waals surface area contributed by atoms with Gasteiger partial charge >= 0.3 is 0 Å². The number of aromatic nitrogens is 1. The van der Waals surface area contributed by atoms with Crippen molar-refractivity contribution in [3.05, 3.63) is 96.3 Å². The molecule has 4 rings (SSSR count). The fraction of sp³-hybridized carbons (Fsp3) is 0.143. The SMILES string of the molecule is c1ccc(OCC2=N[C@H](c3cccnc3)[C@H](c3ccccc3)N2)cc1. The quantitative estimate of drug-likeness (QED) is 0.771. The summed E-state index contributed by atoms with van der Waals surface area (Å²) in [6, 6.07) is 24.3. The summed E-state index contributed by atoms with van der Waals surface area (Å²) in [4.78, 5) is 9.12. The molecule has 1 aliphatic heterocycles. The summed E-state index contributed by atoms with van der Waals surface area (Å²) in [6.07, 6.45) is 3.67. The van der Waals surface area contributed by atoms with E-state index in [1.807, 2.05) is 48.7 Å². The average molecular weight is 329 g/mol. The number of hydrogen-bond acceptors (Lipinski definition) is 4. The number of aliphatic imine (C=N–C) groups is 1. The minimum atomic E-state index is -0.00882. The van der Waals surface area contributed by atoms with Crippen LogP contribution in [0, 0.1) is 0 Å². The first kappa shape index (κ1) is 15.4. The number of ether oxygens (including phenoxy) is 1. The Balaban J connectivity index is 1.57. The summed E-state index contributed by atoms with van der Waals surface area (Å²) in [7, 11) is 0. The predicted octanol–water partition coefficient (Wildman–Crippen LogP) is 3.94. The molecule has 4 nitrogen and oxygen atoms in total. The van der Waals surface area contributed by atoms with Crippen LogP contribution in [0.15, 0.2) is 90.2 Å². The highest BCUT2D eigenvalue weighted by Crippen LogP contribution is 2.35. The first-order valence-electron chi connectivity index (χ1n) is 8.36. The zero-order chi connectivity index (χ0) is 16.9. The Hall–Kier alpha value is -3.14. The van der Waals surface area contributed by atoms with Gasteiger partial charge in [0.25, 0.3) is 0 Å². The first-order chi connectivity index (χ1) is 12.4. The minimum absolute atomic E-state index is 0.00882. The van der Waals surface area contributed by atoms with Gasteiger partial charge in [-0.25, -0.2) is 0 Å². The summed E-state index contributed by atoms with van der Waals surface area (Å²) in [5, 5.41) is 3.52. The number of para-hydroxylation sites is 1. The lowest BCUT2D eigenvalue weighted by Crippen LogP contribution is -2.28. The van der Waals surface area contributed by atoms with E-state index in [9.17, 15) is 0 Å². The van der Waals surface area contributed by atoms with Crippen molar-refractivity contribution in [1.82, 2.24) is 10.3 Å². The fourth-order valence-corrected chi connectivity index (χ4v) is 3.03. The lowest BCUT2D eigenvalue weighted by molar-refractivity contribution is 0.372. The molecule has 4 heteroatoms. The summed E-state index contributed by atoms with van der Waals surface area (Å²) in [6.45, 7) is 0.421. The molecule has 0 amide bonds. The van der Waals surface area contributed by atoms with E-state index >= 15 is 0 Å². The monoisotopic (exact) mass is 329 g/mol. The molecule has 0 spiro atoms. The highest BCUT2D eigenvalue weighted by Gasteiger charge is 2.31. The molecular weight excluding hydrogens is 310 g/mol. The molecule has 3 aromatic rings. The third-order valence-electron chi connectivity index (χ3n) is 4.24. The van der Waals surface area contributed by atoms with Crippen molar-refractivity contribution < 1.29 is 4.74 Å². The van der Waals surface area contributed by atoms with Crippen LogP contribution >= 0.6 is 0 Å². The molecule has 0 radical (unpaired) electrons. The molecule has 0 aliphatic carbocycles. The third kappa shape index (κ3) is 3.53. The van der Waals surface area contributed by atoms with Gasteiger partial charge in [0.05, 0.1) is 6.04 Å². The molecule has 0 fully saturated rings. The Labute approximate surface area is 147 Å². The number of nitrogens with zero attached hydrogens (tertiary/aromatic N) is 2. The number of nitrogens with one attached hydrogen (secondary N) is 1. The number of rotatable bonds is 5. The van der Waals surface area contributed by atoms with Crippen molar-refractivity contribution in [2.24, 2.45) is 4.99 Å². The molecule has 1 aliphatic rings. The van der Waals surface area contributed by atoms with E-state index in [1.54, 1.807) is 6.20 Å². The second kappa shape index (κ2) is 7.18. The van der Waals surface area contributed by atoms with Crippen molar-refractivity contribution in [3.8, 4) is 5.75 Å². The van der Waals surface area contributed by atoms with Crippen LogP contribution in [-0.4, -0.2) is 17.4 Å². The molecule has 1 aromatic heterocycles. The molecule has 2 aromatic carbocycles. The number of benzene rings is 2. The van der Waals surface area contributed by atoms with Crippen LogP contribution in [0.4, 0.5) is 0 Å². The van der Waals surface area contributed by atoms with Crippen molar-refractivity contribution in [2.45, 2.75) is 12.1 Å². The van der Waals surface area contributed by atoms with E-state index in [1.165, 1.54) is 5.56 Å². The molecule has 124 valence electrons. The van der Waals surface area contributed by atoms with Gasteiger partial charge in [0.15, 0.2) is 0 Å². The van der Waals surface area contributed by atoms with Gasteiger partial charge in [-0.15, -0.1) is 0 Å². The third-order valence-corrected chi connectivity index (χ3v) is 4.24. The molecule has 0 unspecified atom stereocenters. The van der Waals surface area contributed by atoms with Crippen LogP contribution in [0.2, 0.25) is 0 Å². The summed E-state index contributed by atoms with van der Waals surface area (Å²) in [5.41, 5.74) is 2.30. The van der Waals surface area contributed by atoms with E-state index in [0.29, 0.717) is 6.61 Å². The highest BCUT2D eigenvalue weighted by molar-refractivity contribution is 5.86. The smallest absolute Gasteiger partial charge is 0.145 e. The zero-order valence-electron chi connectivity index (χ0n) is 13.7. The van der Waals surface area contributed by atoms with Crippen molar-refractivity contribution >= 4 is 5.84 Å². The van der Waals surface area contributed by atoms with Crippen LogP contribution in [-0.2, 0) is 0 Å². The second-order valence-corrected chi connectivity index (χ2v) is 5.94. The largest absolute Gasteiger partial charge is 0.486 e. The fourth-order valence-electron chi connectivity index (χ4n) is 3.03. The van der Waals surface area contributed by atoms with Gasteiger partial charge in [-0.3, -0.25) is 9.98 Å². The maximum absolute atomic E-state index is 5.85. The maximum Gasteiger partial charge on any atom is 0.145 e. The van der Waals surface area contributed by atoms with Gasteiger partial charge in [0.1, 0.15) is 24.2 Å². The molecule has 0 bridgehead atoms. The predicted molar refractivity (Wildman–Crippen MR) is 98.7 cm³/mol. The lowest BCUT2D eigenvalue weighted by Gasteiger charge is -2.19. The molecule has 2 atom stereocenters. The minimum Gasteiger partial charge on any atom is -0.486 e. The topological polar surface area (TPSA) is 46.5 Å². The molecule has 1 N–H and O–H groups in total. The first-order valence-corrected chi connectivity index (χ1v) is 8.36. The number of hydrogen-bond donors (Lipinski definition) is 1. The summed E-state index contributed by atoms with van der Waals surface area (Å²) < 4.78 is 5.85. The van der Waals surface area contributed by atoms with E-state index in [2.05, 4.69) is 40.6 Å². The van der Waals surface area contributed by atoms with Gasteiger partial charge in [-0.1, -0.05) is 54.6 Å². The van der Waals surface area contributed by atoms with Crippen molar-refractivity contribution in [1.29, 1.82) is 0 Å². The lowest BCUT2D eigenvalue weighted by atomic mass is 9.96. The zero-order valence-corrected chi connectivity index (χ0v) is 13.7. The second-order valence-electron chi connectivity index (χ2n) is 5.94. The number of pyridine rings is 1. The normalized spacial score (nSPS) is 19.1. The van der Waals surface area contributed by atoms with E-state index in [0.717, 1.165) is 17.1 Å². The van der Waals surface area contributed by atoms with Gasteiger partial charge in [-0.05, 0) is 29.3 Å². The molecule has 25 heavy (non-hydrogen) atoms. The van der Waals surface area contributed by atoms with E-state index in [4.69, 9.17) is 9.73 Å². The van der Waals surface area contributed by atoms with Crippen LogP contribution in [0.1, 0.15) is 23.2 Å². The Bertz CT molecular complexity index is 835. The van der Waals surface area contributed by atoms with Crippen LogP contribution in [0.25, 0.3) is 0 Å². The maximum atomic E-state index is 5.85. The molecule has 2 heterocycles. The Morgan fingerprint density at radius 3 is 2.28 bits per heavy atom. The van der Waals surface area contributed by atoms with Crippen LogP contribution < -0.4 is 10.1 Å². The van der Waals surface area contributed by atoms with Gasteiger partial charge in [-0.2, -0.15) is 0 Å². The van der Waals surface area contributed by atoms with Gasteiger partial charge in [0.2, 0.25) is 0 Å². The van der Waals surface area contributed by atoms with Gasteiger partial charge in [0, 0.05) is 12.4 Å². The Kier molecular flexibility index (Phi) is 4.42. The van der Waals surface area contributed by atoms with E-state index < -0.39 is 0 Å². The molecular formula is C21H19N3O. The van der Waals surface area contributed by atoms with Crippen molar-refractivity contribution in [3.63, 3.8) is 0 Å². The average Bonchev–Trinajstić information content (AvgIpc) is 3.13. The Morgan fingerprint density at radius 1 is 0.840 bits per heavy atom. The number of amidine groups is 1. The summed E-state index contributed by atoms with van der Waals surface area (Å²) >= 11 is 0. The van der Waals surface area contributed by atoms with Crippen LogP contribution in [0.5, 0.6) is 5.75 Å². The van der Waals surface area contributed by atoms with E-state index in [-0.39, 0.29) is 12.1 Å². The Morgan fingerprint density at radius 2 is 1.56 bits per heavy atom. The van der Waals surface area contributed by atoms with Crippen LogP contribution in [0.3, 0.4) is 0 Å². The van der Waals surface area contributed by atoms with Crippen molar-refractivity contribution in [2.75, 3.05) is 6.61 Å². The standard InChI is InChI=1S/C21H19N3O/c1-3-8-16(9-4-1)20-21(17-10-7-13-22-14-17)24-19(23-20)15-25-18-11-5-2-6-12-18/h1-14,20-21H,15H2,(H,23,24)/t20-,21+/m0/s1. The highest BCUT2D eigenvalue weighted by atomic mass is 16.5.